The molecule has 1 saturated heterocycles. The third kappa shape index (κ3) is 5.36. The molecule has 2 atom stereocenters. The number of hydrogen-bond acceptors (Lipinski definition) is 4. The van der Waals surface area contributed by atoms with Gasteiger partial charge in [0, 0.05) is 32.6 Å². The summed E-state index contributed by atoms with van der Waals surface area (Å²) in [7, 11) is 1.85. The number of carbonyl (C=O) groups is 1. The zero-order chi connectivity index (χ0) is 16.7. The summed E-state index contributed by atoms with van der Waals surface area (Å²) < 4.78 is 5.32. The Hall–Kier alpha value is -1.33. The van der Waals surface area contributed by atoms with Crippen LogP contribution in [0.25, 0.3) is 0 Å². The van der Waals surface area contributed by atoms with Crippen molar-refractivity contribution in [2.45, 2.75) is 57.6 Å². The Labute approximate surface area is 139 Å². The van der Waals surface area contributed by atoms with Crippen molar-refractivity contribution < 1.29 is 14.3 Å². The van der Waals surface area contributed by atoms with Gasteiger partial charge in [0.2, 0.25) is 5.91 Å². The van der Waals surface area contributed by atoms with Gasteiger partial charge >= 0.3 is 0 Å². The molecule has 0 aliphatic carbocycles. The summed E-state index contributed by atoms with van der Waals surface area (Å²) in [5.74, 6) is 0.832. The van der Waals surface area contributed by atoms with Crippen molar-refractivity contribution in [1.82, 2.24) is 9.80 Å². The lowest BCUT2D eigenvalue weighted by Crippen LogP contribution is -2.39. The van der Waals surface area contributed by atoms with Crippen molar-refractivity contribution in [2.75, 3.05) is 26.7 Å². The number of rotatable bonds is 7. The summed E-state index contributed by atoms with van der Waals surface area (Å²) in [5, 5.41) is 10.4. The van der Waals surface area contributed by atoms with Crippen molar-refractivity contribution in [3.63, 3.8) is 0 Å². The smallest absolute Gasteiger partial charge is 0.223 e. The first-order valence-corrected chi connectivity index (χ1v) is 8.81. The highest BCUT2D eigenvalue weighted by Crippen LogP contribution is 2.26. The Morgan fingerprint density at radius 2 is 2.30 bits per heavy atom. The first kappa shape index (κ1) is 18.0. The van der Waals surface area contributed by atoms with E-state index < -0.39 is 6.10 Å². The lowest BCUT2D eigenvalue weighted by atomic mass is 10.0. The molecule has 0 saturated carbocycles. The van der Waals surface area contributed by atoms with E-state index in [4.69, 9.17) is 4.42 Å². The van der Waals surface area contributed by atoms with E-state index in [1.807, 2.05) is 26.1 Å². The quantitative estimate of drug-likeness (QED) is 0.838. The van der Waals surface area contributed by atoms with E-state index >= 15 is 0 Å². The second-order valence-corrected chi connectivity index (χ2v) is 6.46. The first-order valence-electron chi connectivity index (χ1n) is 8.81. The minimum atomic E-state index is -0.565. The zero-order valence-corrected chi connectivity index (χ0v) is 14.4. The Bertz CT molecular complexity index is 461. The molecule has 1 aromatic heterocycles. The largest absolute Gasteiger partial charge is 0.467 e. The Balaban J connectivity index is 1.92. The van der Waals surface area contributed by atoms with Crippen LogP contribution in [0.4, 0.5) is 0 Å². The summed E-state index contributed by atoms with van der Waals surface area (Å²) in [6.45, 7) is 4.53. The van der Waals surface area contributed by atoms with Gasteiger partial charge in [-0.3, -0.25) is 9.69 Å². The molecule has 5 heteroatoms. The molecule has 0 spiro atoms. The van der Waals surface area contributed by atoms with Crippen LogP contribution in [0.5, 0.6) is 0 Å². The average molecular weight is 322 g/mol. The number of amides is 1. The Kier molecular flexibility index (Phi) is 7.12. The lowest BCUT2D eigenvalue weighted by molar-refractivity contribution is -0.130. The van der Waals surface area contributed by atoms with Crippen LogP contribution < -0.4 is 0 Å². The number of hydrogen-bond donors (Lipinski definition) is 1. The van der Waals surface area contributed by atoms with Gasteiger partial charge in [0.25, 0.3) is 0 Å². The molecular weight excluding hydrogens is 292 g/mol. The molecule has 1 amide bonds. The molecule has 2 rings (SSSR count). The molecule has 130 valence electrons. The van der Waals surface area contributed by atoms with Gasteiger partial charge in [0.05, 0.1) is 6.26 Å². The molecule has 0 radical (unpaired) electrons. The van der Waals surface area contributed by atoms with Gasteiger partial charge in [0.15, 0.2) is 0 Å². The zero-order valence-electron chi connectivity index (χ0n) is 14.4. The fraction of sp³-hybridized carbons (Fsp3) is 0.722. The van der Waals surface area contributed by atoms with Crippen LogP contribution in [-0.2, 0) is 4.79 Å². The van der Waals surface area contributed by atoms with Gasteiger partial charge in [-0.2, -0.15) is 0 Å². The summed E-state index contributed by atoms with van der Waals surface area (Å²) in [6.07, 6.45) is 6.93. The minimum absolute atomic E-state index is 0.196. The van der Waals surface area contributed by atoms with Crippen LogP contribution in [0.1, 0.15) is 57.3 Å². The van der Waals surface area contributed by atoms with E-state index in [-0.39, 0.29) is 5.91 Å². The maximum absolute atomic E-state index is 12.1. The summed E-state index contributed by atoms with van der Waals surface area (Å²) in [5.41, 5.74) is 0. The highest BCUT2D eigenvalue weighted by Gasteiger charge is 2.25. The number of nitrogens with zero attached hydrogens (tertiary/aromatic N) is 2. The van der Waals surface area contributed by atoms with Crippen LogP contribution in [-0.4, -0.2) is 53.5 Å². The van der Waals surface area contributed by atoms with Gasteiger partial charge in [-0.25, -0.2) is 0 Å². The molecule has 1 N–H and O–H groups in total. The number of furan rings is 1. The molecule has 1 aliphatic rings. The fourth-order valence-corrected chi connectivity index (χ4v) is 3.26. The maximum Gasteiger partial charge on any atom is 0.223 e. The predicted octanol–water partition coefficient (Wildman–Crippen LogP) is 2.82. The van der Waals surface area contributed by atoms with E-state index in [0.717, 1.165) is 26.1 Å². The highest BCUT2D eigenvalue weighted by molar-refractivity contribution is 5.75. The standard InChI is InChI=1S/C18H30N2O3/c1-3-19(2)18(22)10-12-20-11-6-4-5-8-15(20)14-16(21)17-9-7-13-23-17/h7,9,13,15-16,21H,3-6,8,10-12,14H2,1-2H3. The van der Waals surface area contributed by atoms with Crippen LogP contribution >= 0.6 is 0 Å². The Morgan fingerprint density at radius 1 is 1.48 bits per heavy atom. The normalized spacial score (nSPS) is 20.9. The summed E-state index contributed by atoms with van der Waals surface area (Å²) in [4.78, 5) is 16.2. The monoisotopic (exact) mass is 322 g/mol. The van der Waals surface area contributed by atoms with Crippen molar-refractivity contribution in [3.8, 4) is 0 Å². The predicted molar refractivity (Wildman–Crippen MR) is 90.0 cm³/mol. The second-order valence-electron chi connectivity index (χ2n) is 6.46. The molecule has 0 aromatic carbocycles. The number of carbonyl (C=O) groups excluding carboxylic acids is 1. The topological polar surface area (TPSA) is 56.9 Å². The van der Waals surface area contributed by atoms with Gasteiger partial charge in [0.1, 0.15) is 11.9 Å². The molecule has 1 aliphatic heterocycles. The van der Waals surface area contributed by atoms with E-state index in [1.54, 1.807) is 11.2 Å². The van der Waals surface area contributed by atoms with Crippen LogP contribution in [0.2, 0.25) is 0 Å². The fourth-order valence-electron chi connectivity index (χ4n) is 3.26. The van der Waals surface area contributed by atoms with Gasteiger partial charge in [-0.15, -0.1) is 0 Å². The molecule has 0 bridgehead atoms. The molecule has 1 aromatic rings. The highest BCUT2D eigenvalue weighted by atomic mass is 16.4. The second kappa shape index (κ2) is 9.08. The molecule has 5 nitrogen and oxygen atoms in total. The number of aliphatic hydroxyl groups excluding tert-OH is 1. The van der Waals surface area contributed by atoms with Crippen molar-refractivity contribution in [2.24, 2.45) is 0 Å². The average Bonchev–Trinajstić information content (AvgIpc) is 3.01. The van der Waals surface area contributed by atoms with Crippen LogP contribution in [0.15, 0.2) is 22.8 Å². The molecular formula is C18H30N2O3. The summed E-state index contributed by atoms with van der Waals surface area (Å²) in [6, 6.07) is 3.95. The molecule has 23 heavy (non-hydrogen) atoms. The van der Waals surface area contributed by atoms with Crippen molar-refractivity contribution >= 4 is 5.91 Å². The van der Waals surface area contributed by atoms with E-state index in [0.29, 0.717) is 24.6 Å². The third-order valence-electron chi connectivity index (χ3n) is 4.88. The summed E-state index contributed by atoms with van der Waals surface area (Å²) >= 11 is 0. The number of aliphatic hydroxyl groups is 1. The molecule has 2 unspecified atom stereocenters. The van der Waals surface area contributed by atoms with Crippen molar-refractivity contribution in [3.05, 3.63) is 24.2 Å². The van der Waals surface area contributed by atoms with E-state index in [9.17, 15) is 9.90 Å². The first-order chi connectivity index (χ1) is 11.1. The van der Waals surface area contributed by atoms with Crippen LogP contribution in [0.3, 0.4) is 0 Å². The van der Waals surface area contributed by atoms with Crippen LogP contribution in [0, 0.1) is 0 Å². The van der Waals surface area contributed by atoms with Gasteiger partial charge < -0.3 is 14.4 Å². The van der Waals surface area contributed by atoms with E-state index in [2.05, 4.69) is 4.90 Å². The van der Waals surface area contributed by atoms with Gasteiger partial charge in [-0.05, 0) is 44.9 Å². The SMILES string of the molecule is CCN(C)C(=O)CCN1CCCCCC1CC(O)c1ccco1. The third-order valence-corrected chi connectivity index (χ3v) is 4.88. The minimum Gasteiger partial charge on any atom is -0.467 e. The maximum atomic E-state index is 12.1. The van der Waals surface area contributed by atoms with E-state index in [1.165, 1.54) is 19.3 Å². The molecule has 1 fully saturated rings. The lowest BCUT2D eigenvalue weighted by Gasteiger charge is -2.31. The Morgan fingerprint density at radius 3 is 3.00 bits per heavy atom. The van der Waals surface area contributed by atoms with Crippen molar-refractivity contribution in [1.29, 1.82) is 0 Å². The molecule has 2 heterocycles. The number of likely N-dealkylation sites (tertiary alicyclic amines) is 1. The van der Waals surface area contributed by atoms with Gasteiger partial charge in [-0.1, -0.05) is 12.8 Å².